The van der Waals surface area contributed by atoms with E-state index in [0.29, 0.717) is 17.6 Å². The summed E-state index contributed by atoms with van der Waals surface area (Å²) >= 11 is 5.84. The lowest BCUT2D eigenvalue weighted by Crippen LogP contribution is -2.04. The van der Waals surface area contributed by atoms with Crippen LogP contribution < -0.4 is 5.32 Å². The van der Waals surface area contributed by atoms with Crippen LogP contribution in [0.25, 0.3) is 0 Å². The number of nitrogens with zero attached hydrogens (tertiary/aromatic N) is 2. The number of phenolic OH excluding ortho intramolecular Hbond substituents is 1. The van der Waals surface area contributed by atoms with Gasteiger partial charge in [-0.2, -0.15) is 5.10 Å². The third kappa shape index (κ3) is 2.96. The Morgan fingerprint density at radius 1 is 1.39 bits per heavy atom. The second-order valence-corrected chi connectivity index (χ2v) is 4.82. The van der Waals surface area contributed by atoms with E-state index in [0.717, 1.165) is 11.4 Å². The number of aromatic hydroxyl groups is 1. The molecule has 5 heteroatoms. The molecule has 2 aromatic rings. The van der Waals surface area contributed by atoms with E-state index < -0.39 is 0 Å². The van der Waals surface area contributed by atoms with Gasteiger partial charge in [0, 0.05) is 24.8 Å². The molecule has 4 nitrogen and oxygen atoms in total. The van der Waals surface area contributed by atoms with E-state index in [1.54, 1.807) is 12.1 Å². The van der Waals surface area contributed by atoms with Crippen molar-refractivity contribution >= 4 is 17.4 Å². The molecular formula is C13H16ClN3O. The molecule has 0 amide bonds. The van der Waals surface area contributed by atoms with Gasteiger partial charge in [-0.1, -0.05) is 17.7 Å². The Morgan fingerprint density at radius 3 is 2.78 bits per heavy atom. The van der Waals surface area contributed by atoms with Crippen LogP contribution in [0.15, 0.2) is 30.5 Å². The Morgan fingerprint density at radius 2 is 2.17 bits per heavy atom. The van der Waals surface area contributed by atoms with Crippen molar-refractivity contribution in [3.8, 4) is 5.75 Å². The third-order valence-corrected chi connectivity index (χ3v) is 2.93. The van der Waals surface area contributed by atoms with Crippen molar-refractivity contribution in [2.75, 3.05) is 5.32 Å². The largest absolute Gasteiger partial charge is 0.506 e. The highest BCUT2D eigenvalue weighted by Gasteiger charge is 2.03. The number of phenols is 1. The van der Waals surface area contributed by atoms with Gasteiger partial charge in [0.2, 0.25) is 0 Å². The van der Waals surface area contributed by atoms with Crippen LogP contribution in [0.4, 0.5) is 5.82 Å². The van der Waals surface area contributed by atoms with Crippen LogP contribution in [-0.2, 0) is 6.54 Å². The number of aromatic nitrogens is 2. The average molecular weight is 266 g/mol. The van der Waals surface area contributed by atoms with E-state index in [4.69, 9.17) is 11.6 Å². The van der Waals surface area contributed by atoms with Crippen molar-refractivity contribution in [2.24, 2.45) is 0 Å². The van der Waals surface area contributed by atoms with Crippen molar-refractivity contribution < 1.29 is 5.11 Å². The van der Waals surface area contributed by atoms with Gasteiger partial charge >= 0.3 is 0 Å². The number of nitrogens with one attached hydrogen (secondary N) is 1. The van der Waals surface area contributed by atoms with Gasteiger partial charge in [0.15, 0.2) is 0 Å². The van der Waals surface area contributed by atoms with Crippen LogP contribution >= 0.6 is 11.6 Å². The number of anilines is 1. The maximum absolute atomic E-state index is 9.33. The van der Waals surface area contributed by atoms with E-state index in [-0.39, 0.29) is 5.75 Å². The molecule has 2 N–H and O–H groups in total. The quantitative estimate of drug-likeness (QED) is 0.890. The molecule has 0 aliphatic rings. The van der Waals surface area contributed by atoms with Gasteiger partial charge < -0.3 is 10.4 Å². The van der Waals surface area contributed by atoms with Crippen LogP contribution in [0.1, 0.15) is 25.5 Å². The zero-order valence-electron chi connectivity index (χ0n) is 10.4. The van der Waals surface area contributed by atoms with Crippen LogP contribution in [0.5, 0.6) is 5.75 Å². The second-order valence-electron chi connectivity index (χ2n) is 4.41. The van der Waals surface area contributed by atoms with E-state index in [2.05, 4.69) is 24.3 Å². The number of rotatable bonds is 4. The molecule has 1 aromatic heterocycles. The first kappa shape index (κ1) is 12.8. The first-order chi connectivity index (χ1) is 8.56. The van der Waals surface area contributed by atoms with Gasteiger partial charge in [-0.15, -0.1) is 0 Å². The lowest BCUT2D eigenvalue weighted by molar-refractivity contribution is 0.475. The monoisotopic (exact) mass is 265 g/mol. The summed E-state index contributed by atoms with van der Waals surface area (Å²) < 4.78 is 1.89. The Hall–Kier alpha value is -1.68. The SMILES string of the molecule is CC(C)n1ccc(NCc2ccc(O)c(Cl)c2)n1. The van der Waals surface area contributed by atoms with Crippen LogP contribution in [0.3, 0.4) is 0 Å². The molecule has 2 rings (SSSR count). The van der Waals surface area contributed by atoms with Crippen LogP contribution in [-0.4, -0.2) is 14.9 Å². The second kappa shape index (κ2) is 5.31. The van der Waals surface area contributed by atoms with E-state index in [1.165, 1.54) is 0 Å². The predicted molar refractivity (Wildman–Crippen MR) is 73.1 cm³/mol. The minimum absolute atomic E-state index is 0.101. The standard InChI is InChI=1S/C13H16ClN3O/c1-9(2)17-6-5-13(16-17)15-8-10-3-4-12(18)11(14)7-10/h3-7,9,18H,8H2,1-2H3,(H,15,16). The molecule has 0 spiro atoms. The van der Waals surface area contributed by atoms with Crippen molar-refractivity contribution in [1.82, 2.24) is 9.78 Å². The molecule has 0 saturated heterocycles. The molecule has 0 aliphatic carbocycles. The number of hydrogen-bond donors (Lipinski definition) is 2. The van der Waals surface area contributed by atoms with Gasteiger partial charge in [0.25, 0.3) is 0 Å². The zero-order valence-corrected chi connectivity index (χ0v) is 11.1. The van der Waals surface area contributed by atoms with Gasteiger partial charge in [-0.3, -0.25) is 4.68 Å². The fraction of sp³-hybridized carbons (Fsp3) is 0.308. The topological polar surface area (TPSA) is 50.1 Å². The lowest BCUT2D eigenvalue weighted by Gasteiger charge is -2.06. The molecule has 0 fully saturated rings. The molecule has 0 saturated carbocycles. The summed E-state index contributed by atoms with van der Waals surface area (Å²) in [7, 11) is 0. The average Bonchev–Trinajstić information content (AvgIpc) is 2.79. The number of halogens is 1. The summed E-state index contributed by atoms with van der Waals surface area (Å²) in [5.74, 6) is 0.928. The van der Waals surface area contributed by atoms with Gasteiger partial charge in [-0.05, 0) is 31.5 Å². The van der Waals surface area contributed by atoms with Crippen molar-refractivity contribution in [2.45, 2.75) is 26.4 Å². The fourth-order valence-electron chi connectivity index (χ4n) is 1.57. The maximum atomic E-state index is 9.33. The Bertz CT molecular complexity index is 537. The summed E-state index contributed by atoms with van der Waals surface area (Å²) in [4.78, 5) is 0. The van der Waals surface area contributed by atoms with Gasteiger partial charge in [0.05, 0.1) is 5.02 Å². The molecule has 18 heavy (non-hydrogen) atoms. The van der Waals surface area contributed by atoms with Crippen molar-refractivity contribution in [1.29, 1.82) is 0 Å². The molecule has 1 heterocycles. The molecule has 0 unspecified atom stereocenters. The highest BCUT2D eigenvalue weighted by Crippen LogP contribution is 2.23. The van der Waals surface area contributed by atoms with Crippen molar-refractivity contribution in [3.05, 3.63) is 41.0 Å². The summed E-state index contributed by atoms with van der Waals surface area (Å²) in [6, 6.07) is 7.44. The first-order valence-electron chi connectivity index (χ1n) is 5.82. The van der Waals surface area contributed by atoms with E-state index >= 15 is 0 Å². The Labute approximate surface area is 111 Å². The van der Waals surface area contributed by atoms with Gasteiger partial charge in [-0.25, -0.2) is 0 Å². The molecule has 0 atom stereocenters. The fourth-order valence-corrected chi connectivity index (χ4v) is 1.78. The Kier molecular flexibility index (Phi) is 3.77. The number of benzene rings is 1. The highest BCUT2D eigenvalue weighted by atomic mass is 35.5. The Balaban J connectivity index is 2.00. The van der Waals surface area contributed by atoms with Crippen molar-refractivity contribution in [3.63, 3.8) is 0 Å². The van der Waals surface area contributed by atoms with Gasteiger partial charge in [0.1, 0.15) is 11.6 Å². The molecule has 96 valence electrons. The molecule has 0 aliphatic heterocycles. The summed E-state index contributed by atoms with van der Waals surface area (Å²) in [5, 5.41) is 17.3. The minimum atomic E-state index is 0.101. The highest BCUT2D eigenvalue weighted by molar-refractivity contribution is 6.32. The molecule has 0 bridgehead atoms. The third-order valence-electron chi connectivity index (χ3n) is 2.62. The van der Waals surface area contributed by atoms with Crippen LogP contribution in [0, 0.1) is 0 Å². The molecular weight excluding hydrogens is 250 g/mol. The maximum Gasteiger partial charge on any atom is 0.148 e. The number of hydrogen-bond acceptors (Lipinski definition) is 3. The minimum Gasteiger partial charge on any atom is -0.506 e. The summed E-state index contributed by atoms with van der Waals surface area (Å²) in [6.07, 6.45) is 1.94. The lowest BCUT2D eigenvalue weighted by atomic mass is 10.2. The zero-order chi connectivity index (χ0) is 13.1. The van der Waals surface area contributed by atoms with E-state index in [1.807, 2.05) is 23.0 Å². The van der Waals surface area contributed by atoms with E-state index in [9.17, 15) is 5.11 Å². The molecule has 0 radical (unpaired) electrons. The summed E-state index contributed by atoms with van der Waals surface area (Å²) in [6.45, 7) is 4.78. The summed E-state index contributed by atoms with van der Waals surface area (Å²) in [5.41, 5.74) is 0.997. The first-order valence-corrected chi connectivity index (χ1v) is 6.20. The normalized spacial score (nSPS) is 10.9. The smallest absolute Gasteiger partial charge is 0.148 e. The predicted octanol–water partition coefficient (Wildman–Crippen LogP) is 3.44. The van der Waals surface area contributed by atoms with Crippen LogP contribution in [0.2, 0.25) is 5.02 Å². The molecule has 1 aromatic carbocycles.